The number of hydrogen-bond acceptors (Lipinski definition) is 7. The lowest BCUT2D eigenvalue weighted by Gasteiger charge is -2.34. The van der Waals surface area contributed by atoms with Gasteiger partial charge in [-0.05, 0) is 24.3 Å². The van der Waals surface area contributed by atoms with E-state index in [9.17, 15) is 4.79 Å². The highest BCUT2D eigenvalue weighted by molar-refractivity contribution is 5.97. The number of para-hydroxylation sites is 1. The highest BCUT2D eigenvalue weighted by atomic mass is 16.5. The highest BCUT2D eigenvalue weighted by Crippen LogP contribution is 2.29. The van der Waals surface area contributed by atoms with E-state index in [1.54, 1.807) is 13.2 Å². The number of furan rings is 1. The molecule has 1 aliphatic heterocycles. The summed E-state index contributed by atoms with van der Waals surface area (Å²) in [5, 5.41) is 9.38. The average Bonchev–Trinajstić information content (AvgIpc) is 3.18. The fourth-order valence-corrected chi connectivity index (χ4v) is 3.32. The molecule has 28 heavy (non-hydrogen) atoms. The fourth-order valence-electron chi connectivity index (χ4n) is 3.32. The van der Waals surface area contributed by atoms with Gasteiger partial charge in [-0.15, -0.1) is 10.2 Å². The van der Waals surface area contributed by atoms with Gasteiger partial charge >= 0.3 is 0 Å². The van der Waals surface area contributed by atoms with E-state index in [4.69, 9.17) is 9.15 Å². The molecule has 1 fully saturated rings. The second-order valence-corrected chi connectivity index (χ2v) is 6.91. The Balaban J connectivity index is 1.44. The second kappa shape index (κ2) is 7.38. The normalized spacial score (nSPS) is 14.4. The smallest absolute Gasteiger partial charge is 0.289 e. The third-order valence-corrected chi connectivity index (χ3v) is 4.92. The van der Waals surface area contributed by atoms with Crippen LogP contribution >= 0.6 is 0 Å². The summed E-state index contributed by atoms with van der Waals surface area (Å²) >= 11 is 0. The Morgan fingerprint density at radius 3 is 2.54 bits per heavy atom. The van der Waals surface area contributed by atoms with E-state index in [0.717, 1.165) is 17.0 Å². The van der Waals surface area contributed by atoms with E-state index >= 15 is 0 Å². The number of benzene rings is 1. The Hall–Kier alpha value is -3.29. The molecule has 3 aromatic rings. The summed E-state index contributed by atoms with van der Waals surface area (Å²) in [7, 11) is 5.45. The Bertz CT molecular complexity index is 975. The largest absolute Gasteiger partial charge is 0.493 e. The van der Waals surface area contributed by atoms with Crippen molar-refractivity contribution in [2.24, 2.45) is 0 Å². The fraction of sp³-hybridized carbons (Fsp3) is 0.350. The van der Waals surface area contributed by atoms with Crippen molar-refractivity contribution >= 4 is 28.5 Å². The lowest BCUT2D eigenvalue weighted by Crippen LogP contribution is -2.49. The molecule has 0 radical (unpaired) electrons. The number of methoxy groups -OCH3 is 1. The van der Waals surface area contributed by atoms with Crippen LogP contribution in [-0.4, -0.2) is 68.4 Å². The van der Waals surface area contributed by atoms with Gasteiger partial charge in [0.15, 0.2) is 28.7 Å². The first-order chi connectivity index (χ1) is 13.6. The van der Waals surface area contributed by atoms with E-state index in [0.29, 0.717) is 43.3 Å². The number of amides is 1. The van der Waals surface area contributed by atoms with E-state index < -0.39 is 0 Å². The maximum Gasteiger partial charge on any atom is 0.289 e. The predicted octanol–water partition coefficient (Wildman–Crippen LogP) is 2.26. The summed E-state index contributed by atoms with van der Waals surface area (Å²) in [5.74, 6) is 2.50. The molecule has 1 aliphatic rings. The van der Waals surface area contributed by atoms with Crippen molar-refractivity contribution in [3.63, 3.8) is 0 Å². The molecule has 0 aliphatic carbocycles. The number of fused-ring (bicyclic) bond motifs is 1. The molecule has 8 heteroatoms. The number of carbonyl (C=O) groups is 1. The molecule has 0 saturated carbocycles. The lowest BCUT2D eigenvalue weighted by molar-refractivity contribution is 0.0716. The first-order valence-corrected chi connectivity index (χ1v) is 9.18. The quantitative estimate of drug-likeness (QED) is 0.686. The Labute approximate surface area is 163 Å². The number of piperazine rings is 1. The van der Waals surface area contributed by atoms with Gasteiger partial charge < -0.3 is 23.9 Å². The number of anilines is 2. The van der Waals surface area contributed by atoms with Crippen molar-refractivity contribution in [2.45, 2.75) is 0 Å². The van der Waals surface area contributed by atoms with Crippen LogP contribution in [0.5, 0.6) is 5.75 Å². The van der Waals surface area contributed by atoms with Gasteiger partial charge in [0.25, 0.3) is 5.91 Å². The molecule has 8 nitrogen and oxygen atoms in total. The van der Waals surface area contributed by atoms with Gasteiger partial charge in [-0.25, -0.2) is 0 Å². The predicted molar refractivity (Wildman–Crippen MR) is 107 cm³/mol. The van der Waals surface area contributed by atoms with Crippen LogP contribution in [0.3, 0.4) is 0 Å². The number of carbonyl (C=O) groups excluding carboxylic acids is 1. The van der Waals surface area contributed by atoms with Gasteiger partial charge in [0.2, 0.25) is 0 Å². The van der Waals surface area contributed by atoms with Crippen molar-refractivity contribution in [1.82, 2.24) is 15.1 Å². The van der Waals surface area contributed by atoms with Crippen molar-refractivity contribution in [2.75, 3.05) is 57.2 Å². The molecule has 4 rings (SSSR count). The van der Waals surface area contributed by atoms with E-state index in [-0.39, 0.29) is 5.91 Å². The summed E-state index contributed by atoms with van der Waals surface area (Å²) in [6, 6.07) is 11.3. The van der Waals surface area contributed by atoms with Crippen LogP contribution in [0, 0.1) is 0 Å². The second-order valence-electron chi connectivity index (χ2n) is 6.91. The van der Waals surface area contributed by atoms with E-state index in [2.05, 4.69) is 15.1 Å². The van der Waals surface area contributed by atoms with Crippen LogP contribution in [0.1, 0.15) is 10.6 Å². The van der Waals surface area contributed by atoms with Gasteiger partial charge in [-0.3, -0.25) is 4.79 Å². The standard InChI is InChI=1S/C20H23N5O3/c1-23(2)17-7-8-18(22-21-17)24-9-11-25(12-10-24)20(26)16-13-14-5-4-6-15(27-3)19(14)28-16/h4-8,13H,9-12H2,1-3H3. The van der Waals surface area contributed by atoms with E-state index in [1.165, 1.54) is 0 Å². The monoisotopic (exact) mass is 381 g/mol. The first-order valence-electron chi connectivity index (χ1n) is 9.18. The van der Waals surface area contributed by atoms with Crippen molar-refractivity contribution in [1.29, 1.82) is 0 Å². The molecule has 0 atom stereocenters. The molecule has 0 N–H and O–H groups in total. The van der Waals surface area contributed by atoms with Crippen LogP contribution in [-0.2, 0) is 0 Å². The minimum absolute atomic E-state index is 0.105. The van der Waals surface area contributed by atoms with Gasteiger partial charge in [-0.1, -0.05) is 12.1 Å². The molecule has 0 unspecified atom stereocenters. The summed E-state index contributed by atoms with van der Waals surface area (Å²) in [6.45, 7) is 2.60. The Morgan fingerprint density at radius 1 is 1.11 bits per heavy atom. The zero-order valence-corrected chi connectivity index (χ0v) is 16.3. The Morgan fingerprint density at radius 2 is 1.89 bits per heavy atom. The molecule has 1 amide bonds. The van der Waals surface area contributed by atoms with Gasteiger partial charge in [0.05, 0.1) is 7.11 Å². The first kappa shape index (κ1) is 18.1. The maximum atomic E-state index is 12.9. The molecular weight excluding hydrogens is 358 g/mol. The molecule has 146 valence electrons. The van der Waals surface area contributed by atoms with Crippen molar-refractivity contribution < 1.29 is 13.9 Å². The van der Waals surface area contributed by atoms with Crippen molar-refractivity contribution in [3.8, 4) is 5.75 Å². The molecule has 0 spiro atoms. The van der Waals surface area contributed by atoms with Crippen LogP contribution < -0.4 is 14.5 Å². The van der Waals surface area contributed by atoms with Crippen LogP contribution in [0.15, 0.2) is 40.8 Å². The molecule has 1 saturated heterocycles. The number of nitrogens with zero attached hydrogens (tertiary/aromatic N) is 5. The zero-order chi connectivity index (χ0) is 19.7. The SMILES string of the molecule is COc1cccc2cc(C(=O)N3CCN(c4ccc(N(C)C)nn4)CC3)oc12. The number of aromatic nitrogens is 2. The van der Waals surface area contributed by atoms with Gasteiger partial charge in [-0.2, -0.15) is 0 Å². The third-order valence-electron chi connectivity index (χ3n) is 4.92. The summed E-state index contributed by atoms with van der Waals surface area (Å²) in [4.78, 5) is 18.7. The Kier molecular flexibility index (Phi) is 4.77. The summed E-state index contributed by atoms with van der Waals surface area (Å²) < 4.78 is 11.1. The zero-order valence-electron chi connectivity index (χ0n) is 16.3. The third kappa shape index (κ3) is 3.33. The molecule has 2 aromatic heterocycles. The molecule has 1 aromatic carbocycles. The van der Waals surface area contributed by atoms with Crippen molar-refractivity contribution in [3.05, 3.63) is 42.2 Å². The number of hydrogen-bond donors (Lipinski definition) is 0. The van der Waals surface area contributed by atoms with Crippen LogP contribution in [0.25, 0.3) is 11.0 Å². The summed E-state index contributed by atoms with van der Waals surface area (Å²) in [6.07, 6.45) is 0. The molecule has 0 bridgehead atoms. The minimum atomic E-state index is -0.105. The molecule has 3 heterocycles. The lowest BCUT2D eigenvalue weighted by atomic mass is 10.2. The van der Waals surface area contributed by atoms with E-state index in [1.807, 2.05) is 54.2 Å². The van der Waals surface area contributed by atoms with Crippen LogP contribution in [0.4, 0.5) is 11.6 Å². The maximum absolute atomic E-state index is 12.9. The average molecular weight is 381 g/mol. The summed E-state index contributed by atoms with van der Waals surface area (Å²) in [5.41, 5.74) is 0.600. The van der Waals surface area contributed by atoms with Gasteiger partial charge in [0.1, 0.15) is 0 Å². The topological polar surface area (TPSA) is 74.9 Å². The number of ether oxygens (including phenoxy) is 1. The van der Waals surface area contributed by atoms with Gasteiger partial charge in [0, 0.05) is 45.7 Å². The highest BCUT2D eigenvalue weighted by Gasteiger charge is 2.25. The minimum Gasteiger partial charge on any atom is -0.493 e. The number of rotatable bonds is 4. The van der Waals surface area contributed by atoms with Crippen LogP contribution in [0.2, 0.25) is 0 Å². The molecular formula is C20H23N5O3.